The van der Waals surface area contributed by atoms with Crippen LogP contribution in [0.25, 0.3) is 0 Å². The fourth-order valence-corrected chi connectivity index (χ4v) is 1.08. The van der Waals surface area contributed by atoms with E-state index in [1.165, 1.54) is 0 Å². The molecule has 0 saturated carbocycles. The van der Waals surface area contributed by atoms with Crippen LogP contribution in [0.15, 0.2) is 0 Å². The molecule has 0 aromatic rings. The first-order chi connectivity index (χ1) is 4.16. The molecule has 0 spiro atoms. The van der Waals surface area contributed by atoms with E-state index in [0.29, 0.717) is 5.92 Å². The van der Waals surface area contributed by atoms with E-state index < -0.39 is 0 Å². The molecule has 1 N–H and O–H groups in total. The van der Waals surface area contributed by atoms with Gasteiger partial charge in [0, 0.05) is 12.8 Å². The first kappa shape index (κ1) is 9.24. The van der Waals surface area contributed by atoms with Crippen LogP contribution in [0.4, 0.5) is 0 Å². The third-order valence-corrected chi connectivity index (χ3v) is 2.43. The summed E-state index contributed by atoms with van der Waals surface area (Å²) in [4.78, 5) is 0. The molecule has 0 heterocycles. The van der Waals surface area contributed by atoms with Crippen LogP contribution in [0.3, 0.4) is 0 Å². The molecule has 3 heteroatoms. The lowest BCUT2D eigenvalue weighted by molar-refractivity contribution is 0.752. The van der Waals surface area contributed by atoms with Crippen LogP contribution in [-0.2, 0) is 0 Å². The number of hydrogen-bond donors (Lipinski definition) is 1. The summed E-state index contributed by atoms with van der Waals surface area (Å²) >= 11 is 6.51. The van der Waals surface area contributed by atoms with Crippen LogP contribution in [0, 0.1) is 13.0 Å². The number of rotatable bonds is 2. The zero-order valence-electron chi connectivity index (χ0n) is 5.81. The van der Waals surface area contributed by atoms with Gasteiger partial charge in [0.15, 0.2) is 0 Å². The molecule has 0 unspecified atom stereocenters. The summed E-state index contributed by atoms with van der Waals surface area (Å²) < 4.78 is 0.781. The smallest absolute Gasteiger partial charge is 0.133 e. The summed E-state index contributed by atoms with van der Waals surface area (Å²) in [6.07, 6.45) is 0. The molecule has 1 radical (unpaired) electrons. The Morgan fingerprint density at radius 2 is 2.33 bits per heavy atom. The van der Waals surface area contributed by atoms with Gasteiger partial charge in [-0.15, -0.1) is 0 Å². The molecule has 0 atom stereocenters. The van der Waals surface area contributed by atoms with Gasteiger partial charge in [0.1, 0.15) is 4.32 Å². The molecule has 0 aliphatic carbocycles. The molecule has 0 amide bonds. The molecule has 9 heavy (non-hydrogen) atoms. The highest BCUT2D eigenvalue weighted by Gasteiger charge is 1.96. The SMILES string of the molecule is [CH2]NC(=S)SCC(C)C. The molecule has 0 aliphatic rings. The van der Waals surface area contributed by atoms with Gasteiger partial charge in [-0.2, -0.15) is 0 Å². The van der Waals surface area contributed by atoms with Crippen LogP contribution in [0.1, 0.15) is 13.8 Å². The monoisotopic (exact) mass is 162 g/mol. The first-order valence-corrected chi connectivity index (χ1v) is 4.26. The maximum atomic E-state index is 4.86. The molecule has 0 saturated heterocycles. The van der Waals surface area contributed by atoms with Gasteiger partial charge >= 0.3 is 0 Å². The zero-order chi connectivity index (χ0) is 7.28. The Hall–Kier alpha value is 0.240. The maximum absolute atomic E-state index is 4.86. The Balaban J connectivity index is 3.17. The second-order valence-corrected chi connectivity index (χ2v) is 3.87. The van der Waals surface area contributed by atoms with E-state index >= 15 is 0 Å². The van der Waals surface area contributed by atoms with Crippen molar-refractivity contribution in [1.82, 2.24) is 5.32 Å². The van der Waals surface area contributed by atoms with Crippen molar-refractivity contribution in [2.75, 3.05) is 5.75 Å². The topological polar surface area (TPSA) is 12.0 Å². The quantitative estimate of drug-likeness (QED) is 0.624. The van der Waals surface area contributed by atoms with Gasteiger partial charge in [-0.3, -0.25) is 0 Å². The zero-order valence-corrected chi connectivity index (χ0v) is 7.44. The average Bonchev–Trinajstić information content (AvgIpc) is 1.83. The lowest BCUT2D eigenvalue weighted by atomic mass is 10.3. The molecule has 0 bridgehead atoms. The second-order valence-electron chi connectivity index (χ2n) is 2.17. The van der Waals surface area contributed by atoms with E-state index in [-0.39, 0.29) is 0 Å². The second kappa shape index (κ2) is 5.06. The Morgan fingerprint density at radius 3 is 2.67 bits per heavy atom. The first-order valence-electron chi connectivity index (χ1n) is 2.86. The van der Waals surface area contributed by atoms with Gasteiger partial charge in [0.2, 0.25) is 0 Å². The molecule has 1 nitrogen and oxygen atoms in total. The molecular weight excluding hydrogens is 150 g/mol. The summed E-state index contributed by atoms with van der Waals surface area (Å²) in [5, 5.41) is 2.66. The third-order valence-electron chi connectivity index (χ3n) is 0.692. The van der Waals surface area contributed by atoms with Gasteiger partial charge in [-0.05, 0) is 5.92 Å². The minimum absolute atomic E-state index is 0.696. The van der Waals surface area contributed by atoms with Crippen molar-refractivity contribution >= 4 is 28.3 Å². The Bertz CT molecular complexity index is 91.1. The van der Waals surface area contributed by atoms with E-state index in [2.05, 4.69) is 26.2 Å². The van der Waals surface area contributed by atoms with Gasteiger partial charge in [-0.1, -0.05) is 37.8 Å². The van der Waals surface area contributed by atoms with Crippen molar-refractivity contribution in [2.24, 2.45) is 5.92 Å². The number of thioether (sulfide) groups is 1. The van der Waals surface area contributed by atoms with E-state index in [1.807, 2.05) is 0 Å². The largest absolute Gasteiger partial charge is 0.369 e. The van der Waals surface area contributed by atoms with Gasteiger partial charge < -0.3 is 5.32 Å². The van der Waals surface area contributed by atoms with Gasteiger partial charge in [0.05, 0.1) is 0 Å². The van der Waals surface area contributed by atoms with Crippen LogP contribution in [0.2, 0.25) is 0 Å². The van der Waals surface area contributed by atoms with Crippen LogP contribution in [-0.4, -0.2) is 10.1 Å². The lowest BCUT2D eigenvalue weighted by Gasteiger charge is -2.03. The third kappa shape index (κ3) is 6.12. The van der Waals surface area contributed by atoms with Crippen LogP contribution >= 0.6 is 24.0 Å². The Labute approximate surface area is 66.6 Å². The van der Waals surface area contributed by atoms with Gasteiger partial charge in [0.25, 0.3) is 0 Å². The average molecular weight is 162 g/mol. The predicted molar refractivity (Wildman–Crippen MR) is 48.4 cm³/mol. The summed E-state index contributed by atoms with van der Waals surface area (Å²) in [5.41, 5.74) is 0. The van der Waals surface area contributed by atoms with Crippen molar-refractivity contribution in [1.29, 1.82) is 0 Å². The Kier molecular flexibility index (Phi) is 5.19. The summed E-state index contributed by atoms with van der Waals surface area (Å²) in [5.74, 6) is 1.77. The molecule has 0 aliphatic heterocycles. The van der Waals surface area contributed by atoms with Crippen molar-refractivity contribution in [3.63, 3.8) is 0 Å². The maximum Gasteiger partial charge on any atom is 0.133 e. The molecule has 0 rings (SSSR count). The Morgan fingerprint density at radius 1 is 1.78 bits per heavy atom. The fraction of sp³-hybridized carbons (Fsp3) is 0.667. The van der Waals surface area contributed by atoms with E-state index in [1.54, 1.807) is 11.8 Å². The van der Waals surface area contributed by atoms with E-state index in [0.717, 1.165) is 10.1 Å². The van der Waals surface area contributed by atoms with Crippen molar-refractivity contribution < 1.29 is 0 Å². The highest BCUT2D eigenvalue weighted by Crippen LogP contribution is 2.07. The number of hydrogen-bond acceptors (Lipinski definition) is 2. The fourth-order valence-electron chi connectivity index (χ4n) is 0.293. The normalized spacial score (nSPS) is 9.78. The highest BCUT2D eigenvalue weighted by atomic mass is 32.2. The van der Waals surface area contributed by atoms with Crippen molar-refractivity contribution in [2.45, 2.75) is 13.8 Å². The van der Waals surface area contributed by atoms with Crippen LogP contribution in [0.5, 0.6) is 0 Å². The van der Waals surface area contributed by atoms with E-state index in [4.69, 9.17) is 12.2 Å². The van der Waals surface area contributed by atoms with Crippen molar-refractivity contribution in [3.8, 4) is 0 Å². The van der Waals surface area contributed by atoms with Crippen LogP contribution < -0.4 is 5.32 Å². The summed E-state index contributed by atoms with van der Waals surface area (Å²) in [7, 11) is 3.45. The standard InChI is InChI=1S/C6H12NS2/c1-5(2)4-9-6(8)7-3/h5H,3-4H2,1-2H3,(H,7,8). The van der Waals surface area contributed by atoms with Gasteiger partial charge in [-0.25, -0.2) is 0 Å². The molecule has 53 valence electrons. The predicted octanol–water partition coefficient (Wildman–Crippen LogP) is 2.04. The summed E-state index contributed by atoms with van der Waals surface area (Å²) in [6.45, 7) is 4.33. The molecular formula is C6H12NS2. The van der Waals surface area contributed by atoms with E-state index in [9.17, 15) is 0 Å². The molecule has 0 aromatic carbocycles. The summed E-state index contributed by atoms with van der Waals surface area (Å²) in [6, 6.07) is 0. The number of thiocarbonyl (C=S) groups is 1. The minimum atomic E-state index is 0.696. The number of nitrogens with one attached hydrogen (secondary N) is 1. The highest BCUT2D eigenvalue weighted by molar-refractivity contribution is 8.22. The van der Waals surface area contributed by atoms with Crippen molar-refractivity contribution in [3.05, 3.63) is 7.05 Å². The molecule has 0 aromatic heterocycles. The lowest BCUT2D eigenvalue weighted by Crippen LogP contribution is -2.09. The molecule has 0 fully saturated rings. The minimum Gasteiger partial charge on any atom is -0.369 e.